The maximum Gasteiger partial charge on any atom is 0.222 e. The number of rotatable bonds is 4. The van der Waals surface area contributed by atoms with E-state index in [0.29, 0.717) is 12.8 Å². The number of hydrogen-bond acceptors (Lipinski definition) is 3. The molecule has 4 heteroatoms. The second-order valence-electron chi connectivity index (χ2n) is 4.58. The van der Waals surface area contributed by atoms with Crippen molar-refractivity contribution in [1.82, 2.24) is 5.32 Å². The van der Waals surface area contributed by atoms with Crippen molar-refractivity contribution in [2.45, 2.75) is 32.7 Å². The molecule has 1 fully saturated rings. The fourth-order valence-corrected chi connectivity index (χ4v) is 1.76. The molecule has 0 aromatic carbocycles. The molecule has 0 bridgehead atoms. The zero-order chi connectivity index (χ0) is 10.8. The van der Waals surface area contributed by atoms with E-state index >= 15 is 0 Å². The monoisotopic (exact) mass is 201 g/mol. The molecule has 0 spiro atoms. The minimum Gasteiger partial charge on any atom is -0.396 e. The highest BCUT2D eigenvalue weighted by Gasteiger charge is 2.43. The summed E-state index contributed by atoms with van der Waals surface area (Å²) >= 11 is 0. The largest absolute Gasteiger partial charge is 0.396 e. The van der Waals surface area contributed by atoms with Gasteiger partial charge in [-0.3, -0.25) is 4.79 Å². The second kappa shape index (κ2) is 4.28. The molecule has 0 saturated heterocycles. The first-order chi connectivity index (χ1) is 6.53. The van der Waals surface area contributed by atoms with Crippen LogP contribution in [-0.2, 0) is 4.79 Å². The Hall–Kier alpha value is -0.610. The second-order valence-corrected chi connectivity index (χ2v) is 4.58. The summed E-state index contributed by atoms with van der Waals surface area (Å²) in [5, 5.41) is 20.9. The third-order valence-corrected chi connectivity index (χ3v) is 2.90. The predicted octanol–water partition coefficient (Wildman–Crippen LogP) is -0.108. The SMILES string of the molecule is CC(C)C(=O)NC1CC(CO)(CO)C1. The molecule has 82 valence electrons. The van der Waals surface area contributed by atoms with Gasteiger partial charge in [-0.15, -0.1) is 0 Å². The first-order valence-corrected chi connectivity index (χ1v) is 5.05. The number of aliphatic hydroxyl groups is 2. The molecule has 0 aromatic rings. The number of carbonyl (C=O) groups is 1. The highest BCUT2D eigenvalue weighted by molar-refractivity contribution is 5.78. The molecule has 3 N–H and O–H groups in total. The van der Waals surface area contributed by atoms with Crippen molar-refractivity contribution in [1.29, 1.82) is 0 Å². The van der Waals surface area contributed by atoms with E-state index < -0.39 is 0 Å². The first kappa shape index (κ1) is 11.5. The Morgan fingerprint density at radius 1 is 1.43 bits per heavy atom. The third-order valence-electron chi connectivity index (χ3n) is 2.90. The van der Waals surface area contributed by atoms with Crippen LogP contribution in [0.4, 0.5) is 0 Å². The van der Waals surface area contributed by atoms with Crippen LogP contribution in [0.2, 0.25) is 0 Å². The Bertz CT molecular complexity index is 203. The molecule has 14 heavy (non-hydrogen) atoms. The molecular formula is C10H19NO3. The van der Waals surface area contributed by atoms with Gasteiger partial charge in [0.05, 0.1) is 13.2 Å². The van der Waals surface area contributed by atoms with Crippen molar-refractivity contribution < 1.29 is 15.0 Å². The van der Waals surface area contributed by atoms with Crippen molar-refractivity contribution in [2.75, 3.05) is 13.2 Å². The Labute approximate surface area is 84.3 Å². The highest BCUT2D eigenvalue weighted by Crippen LogP contribution is 2.40. The topological polar surface area (TPSA) is 69.6 Å². The van der Waals surface area contributed by atoms with E-state index in [0.717, 1.165) is 0 Å². The lowest BCUT2D eigenvalue weighted by Crippen LogP contribution is -2.54. The van der Waals surface area contributed by atoms with Crippen molar-refractivity contribution in [3.8, 4) is 0 Å². The van der Waals surface area contributed by atoms with E-state index in [4.69, 9.17) is 10.2 Å². The molecule has 1 aliphatic carbocycles. The van der Waals surface area contributed by atoms with Crippen LogP contribution in [0.1, 0.15) is 26.7 Å². The summed E-state index contributed by atoms with van der Waals surface area (Å²) < 4.78 is 0. The van der Waals surface area contributed by atoms with Crippen LogP contribution in [0.25, 0.3) is 0 Å². The molecule has 0 heterocycles. The zero-order valence-corrected chi connectivity index (χ0v) is 8.79. The molecular weight excluding hydrogens is 182 g/mol. The summed E-state index contributed by atoms with van der Waals surface area (Å²) in [4.78, 5) is 11.3. The molecule has 4 nitrogen and oxygen atoms in total. The quantitative estimate of drug-likeness (QED) is 0.594. The van der Waals surface area contributed by atoms with Crippen molar-refractivity contribution in [3.63, 3.8) is 0 Å². The maximum atomic E-state index is 11.3. The van der Waals surface area contributed by atoms with E-state index in [1.54, 1.807) is 0 Å². The van der Waals surface area contributed by atoms with Gasteiger partial charge < -0.3 is 15.5 Å². The summed E-state index contributed by atoms with van der Waals surface area (Å²) in [7, 11) is 0. The summed E-state index contributed by atoms with van der Waals surface area (Å²) in [6, 6.07) is 0.129. The van der Waals surface area contributed by atoms with Gasteiger partial charge >= 0.3 is 0 Å². The van der Waals surface area contributed by atoms with Crippen LogP contribution in [0, 0.1) is 11.3 Å². The first-order valence-electron chi connectivity index (χ1n) is 5.05. The van der Waals surface area contributed by atoms with Gasteiger partial charge in [0.15, 0.2) is 0 Å². The zero-order valence-electron chi connectivity index (χ0n) is 8.79. The lowest BCUT2D eigenvalue weighted by Gasteiger charge is -2.45. The van der Waals surface area contributed by atoms with E-state index in [9.17, 15) is 4.79 Å². The normalized spacial score (nSPS) is 20.6. The lowest BCUT2D eigenvalue weighted by atomic mass is 9.66. The van der Waals surface area contributed by atoms with Gasteiger partial charge in [-0.25, -0.2) is 0 Å². The maximum absolute atomic E-state index is 11.3. The molecule has 0 unspecified atom stereocenters. The van der Waals surface area contributed by atoms with Crippen LogP contribution >= 0.6 is 0 Å². The van der Waals surface area contributed by atoms with Gasteiger partial charge in [-0.1, -0.05) is 13.8 Å². The molecule has 1 amide bonds. The van der Waals surface area contributed by atoms with E-state index in [-0.39, 0.29) is 36.5 Å². The van der Waals surface area contributed by atoms with Gasteiger partial charge in [0, 0.05) is 17.4 Å². The molecule has 0 atom stereocenters. The van der Waals surface area contributed by atoms with Crippen LogP contribution in [0.15, 0.2) is 0 Å². The van der Waals surface area contributed by atoms with Crippen molar-refractivity contribution in [3.05, 3.63) is 0 Å². The minimum absolute atomic E-state index is 0.00243. The van der Waals surface area contributed by atoms with E-state index in [1.165, 1.54) is 0 Å². The molecule has 0 aliphatic heterocycles. The smallest absolute Gasteiger partial charge is 0.222 e. The van der Waals surface area contributed by atoms with Crippen LogP contribution < -0.4 is 5.32 Å². The Morgan fingerprint density at radius 2 is 1.93 bits per heavy atom. The summed E-state index contributed by atoms with van der Waals surface area (Å²) in [5.41, 5.74) is -0.352. The van der Waals surface area contributed by atoms with Gasteiger partial charge in [0.25, 0.3) is 0 Å². The summed E-state index contributed by atoms with van der Waals surface area (Å²) in [5.74, 6) is 0.0349. The van der Waals surface area contributed by atoms with Gasteiger partial charge in [-0.05, 0) is 12.8 Å². The Kier molecular flexibility index (Phi) is 3.50. The molecule has 1 saturated carbocycles. The molecule has 1 rings (SSSR count). The van der Waals surface area contributed by atoms with Gasteiger partial charge in [0.1, 0.15) is 0 Å². The van der Waals surface area contributed by atoms with Crippen molar-refractivity contribution >= 4 is 5.91 Å². The van der Waals surface area contributed by atoms with Gasteiger partial charge in [0.2, 0.25) is 5.91 Å². The minimum atomic E-state index is -0.352. The average Bonchev–Trinajstić information content (AvgIpc) is 2.10. The van der Waals surface area contributed by atoms with Crippen LogP contribution in [-0.4, -0.2) is 35.4 Å². The van der Waals surface area contributed by atoms with Crippen LogP contribution in [0.3, 0.4) is 0 Å². The lowest BCUT2D eigenvalue weighted by molar-refractivity contribution is -0.127. The number of aliphatic hydroxyl groups excluding tert-OH is 2. The summed E-state index contributed by atoms with van der Waals surface area (Å²) in [6.07, 6.45) is 1.36. The Balaban J connectivity index is 2.31. The van der Waals surface area contributed by atoms with Crippen LogP contribution in [0.5, 0.6) is 0 Å². The third kappa shape index (κ3) is 2.25. The fraction of sp³-hybridized carbons (Fsp3) is 0.900. The number of carbonyl (C=O) groups excluding carboxylic acids is 1. The number of hydrogen-bond donors (Lipinski definition) is 3. The molecule has 1 aliphatic rings. The average molecular weight is 201 g/mol. The molecule has 0 radical (unpaired) electrons. The Morgan fingerprint density at radius 3 is 2.29 bits per heavy atom. The standard InChI is InChI=1S/C10H19NO3/c1-7(2)9(14)11-8-3-10(4-8,5-12)6-13/h7-8,12-13H,3-6H2,1-2H3,(H,11,14). The molecule has 0 aromatic heterocycles. The summed E-state index contributed by atoms with van der Waals surface area (Å²) in [6.45, 7) is 3.69. The van der Waals surface area contributed by atoms with E-state index in [1.807, 2.05) is 13.8 Å². The van der Waals surface area contributed by atoms with E-state index in [2.05, 4.69) is 5.32 Å². The fourth-order valence-electron chi connectivity index (χ4n) is 1.76. The number of amides is 1. The van der Waals surface area contributed by atoms with Gasteiger partial charge in [-0.2, -0.15) is 0 Å². The number of nitrogens with one attached hydrogen (secondary N) is 1. The highest BCUT2D eigenvalue weighted by atomic mass is 16.3. The predicted molar refractivity (Wildman–Crippen MR) is 52.6 cm³/mol. The van der Waals surface area contributed by atoms with Crippen molar-refractivity contribution in [2.24, 2.45) is 11.3 Å².